The maximum atomic E-state index is 13.6. The van der Waals surface area contributed by atoms with Crippen molar-refractivity contribution >= 4 is 45.9 Å². The molecule has 4 aromatic rings. The molecule has 1 aromatic heterocycles. The monoisotopic (exact) mass is 555 g/mol. The van der Waals surface area contributed by atoms with E-state index in [1.165, 1.54) is 0 Å². The van der Waals surface area contributed by atoms with Gasteiger partial charge in [0.2, 0.25) is 0 Å². The van der Waals surface area contributed by atoms with E-state index in [-0.39, 0.29) is 12.0 Å². The van der Waals surface area contributed by atoms with E-state index in [0.717, 1.165) is 33.7 Å². The summed E-state index contributed by atoms with van der Waals surface area (Å²) in [6, 6.07) is 23.2. The number of amides is 1. The summed E-state index contributed by atoms with van der Waals surface area (Å²) in [5.41, 5.74) is 3.23. The van der Waals surface area contributed by atoms with Gasteiger partial charge in [0.25, 0.3) is 5.91 Å². The molecule has 206 valence electrons. The first-order valence-electron chi connectivity index (χ1n) is 13.4. The van der Waals surface area contributed by atoms with Crippen LogP contribution in [-0.2, 0) is 11.3 Å². The van der Waals surface area contributed by atoms with Crippen molar-refractivity contribution in [1.82, 2.24) is 9.47 Å². The van der Waals surface area contributed by atoms with E-state index >= 15 is 0 Å². The number of fused-ring (bicyclic) bond motifs is 1. The predicted molar refractivity (Wildman–Crippen MR) is 163 cm³/mol. The van der Waals surface area contributed by atoms with Crippen LogP contribution in [-0.4, -0.2) is 46.9 Å². The maximum absolute atomic E-state index is 13.6. The summed E-state index contributed by atoms with van der Waals surface area (Å²) in [5.74, 6) is 2.20. The lowest BCUT2D eigenvalue weighted by atomic mass is 10.1. The normalized spacial score (nSPS) is 14.6. The molecule has 1 aliphatic heterocycles. The SMILES string of the molecule is CCOc1ccc(N2C(=O)/C(=C/c3cn(CCOc4ccc(OC(C)C)cc4)c4ccccc34)N(C)C2=S)cc1. The summed E-state index contributed by atoms with van der Waals surface area (Å²) in [7, 11) is 1.82. The molecular weight excluding hydrogens is 522 g/mol. The molecule has 1 fully saturated rings. The minimum Gasteiger partial charge on any atom is -0.494 e. The summed E-state index contributed by atoms with van der Waals surface area (Å²) in [5, 5.41) is 1.49. The zero-order valence-electron chi connectivity index (χ0n) is 23.2. The zero-order chi connectivity index (χ0) is 28.2. The van der Waals surface area contributed by atoms with Gasteiger partial charge in [0.05, 0.1) is 24.9 Å². The van der Waals surface area contributed by atoms with Crippen LogP contribution in [0.4, 0.5) is 5.69 Å². The van der Waals surface area contributed by atoms with Gasteiger partial charge < -0.3 is 23.7 Å². The van der Waals surface area contributed by atoms with Gasteiger partial charge in [-0.2, -0.15) is 0 Å². The van der Waals surface area contributed by atoms with Crippen LogP contribution in [0.1, 0.15) is 26.3 Å². The Bertz CT molecular complexity index is 1540. The van der Waals surface area contributed by atoms with Crippen LogP contribution < -0.4 is 19.1 Å². The first kappa shape index (κ1) is 27.3. The maximum Gasteiger partial charge on any atom is 0.281 e. The van der Waals surface area contributed by atoms with Crippen LogP contribution in [0.2, 0.25) is 0 Å². The van der Waals surface area contributed by atoms with Gasteiger partial charge in [0.15, 0.2) is 5.11 Å². The number of para-hydroxylation sites is 1. The van der Waals surface area contributed by atoms with Gasteiger partial charge >= 0.3 is 0 Å². The van der Waals surface area contributed by atoms with Crippen LogP contribution in [0, 0.1) is 0 Å². The highest BCUT2D eigenvalue weighted by Gasteiger charge is 2.37. The topological polar surface area (TPSA) is 56.2 Å². The Morgan fingerprint density at radius 3 is 2.25 bits per heavy atom. The van der Waals surface area contributed by atoms with Gasteiger partial charge in [-0.25, -0.2) is 0 Å². The zero-order valence-corrected chi connectivity index (χ0v) is 24.0. The molecule has 0 saturated carbocycles. The van der Waals surface area contributed by atoms with Crippen molar-refractivity contribution in [2.45, 2.75) is 33.4 Å². The number of ether oxygens (including phenoxy) is 3. The Morgan fingerprint density at radius 2 is 1.55 bits per heavy atom. The third-order valence-corrected chi connectivity index (χ3v) is 7.03. The van der Waals surface area contributed by atoms with Gasteiger partial charge in [-0.3, -0.25) is 9.69 Å². The number of anilines is 1. The van der Waals surface area contributed by atoms with Crippen molar-refractivity contribution in [3.63, 3.8) is 0 Å². The number of aromatic nitrogens is 1. The van der Waals surface area contributed by atoms with E-state index in [4.69, 9.17) is 26.4 Å². The van der Waals surface area contributed by atoms with Crippen molar-refractivity contribution in [3.8, 4) is 17.2 Å². The van der Waals surface area contributed by atoms with Gasteiger partial charge in [-0.1, -0.05) is 18.2 Å². The minimum absolute atomic E-state index is 0.128. The molecule has 3 aromatic carbocycles. The van der Waals surface area contributed by atoms with Crippen molar-refractivity contribution in [2.75, 3.05) is 25.2 Å². The Hall–Kier alpha value is -4.30. The van der Waals surface area contributed by atoms with Crippen LogP contribution in [0.3, 0.4) is 0 Å². The van der Waals surface area contributed by atoms with Crippen LogP contribution >= 0.6 is 12.2 Å². The first-order valence-corrected chi connectivity index (χ1v) is 13.8. The van der Waals surface area contributed by atoms with Gasteiger partial charge in [0.1, 0.15) is 29.6 Å². The molecule has 0 unspecified atom stereocenters. The lowest BCUT2D eigenvalue weighted by Gasteiger charge is -2.16. The fourth-order valence-electron chi connectivity index (χ4n) is 4.71. The molecule has 0 aliphatic carbocycles. The number of hydrogen-bond donors (Lipinski definition) is 0. The Labute approximate surface area is 240 Å². The van der Waals surface area contributed by atoms with E-state index in [1.807, 2.05) is 94.6 Å². The summed E-state index contributed by atoms with van der Waals surface area (Å²) in [6.45, 7) is 7.66. The van der Waals surface area contributed by atoms with Crippen molar-refractivity contribution in [2.24, 2.45) is 0 Å². The van der Waals surface area contributed by atoms with Gasteiger partial charge in [0, 0.05) is 29.7 Å². The molecule has 0 radical (unpaired) electrons. The lowest BCUT2D eigenvalue weighted by molar-refractivity contribution is -0.114. The van der Waals surface area contributed by atoms with Crippen molar-refractivity contribution in [3.05, 3.63) is 90.3 Å². The van der Waals surface area contributed by atoms with Crippen LogP contribution in [0.25, 0.3) is 17.0 Å². The van der Waals surface area contributed by atoms with Crippen LogP contribution in [0.5, 0.6) is 17.2 Å². The molecule has 0 N–H and O–H groups in total. The molecule has 0 bridgehead atoms. The third-order valence-electron chi connectivity index (χ3n) is 6.58. The number of nitrogens with zero attached hydrogens (tertiary/aromatic N) is 3. The second-order valence-corrected chi connectivity index (χ2v) is 10.1. The van der Waals surface area contributed by atoms with E-state index in [0.29, 0.717) is 36.3 Å². The number of carbonyl (C=O) groups is 1. The average Bonchev–Trinajstić information content (AvgIpc) is 3.40. The highest BCUT2D eigenvalue weighted by Crippen LogP contribution is 2.31. The number of hydrogen-bond acceptors (Lipinski definition) is 5. The highest BCUT2D eigenvalue weighted by atomic mass is 32.1. The second kappa shape index (κ2) is 11.8. The first-order chi connectivity index (χ1) is 19.4. The largest absolute Gasteiger partial charge is 0.494 e. The molecule has 1 saturated heterocycles. The summed E-state index contributed by atoms with van der Waals surface area (Å²) < 4.78 is 19.4. The smallest absolute Gasteiger partial charge is 0.281 e. The van der Waals surface area contributed by atoms with Crippen molar-refractivity contribution in [1.29, 1.82) is 0 Å². The Morgan fingerprint density at radius 1 is 0.900 bits per heavy atom. The molecule has 0 atom stereocenters. The number of carbonyl (C=O) groups excluding carboxylic acids is 1. The van der Waals surface area contributed by atoms with E-state index in [1.54, 1.807) is 9.80 Å². The number of likely N-dealkylation sites (N-methyl/N-ethyl adjacent to an activating group) is 1. The molecule has 2 heterocycles. The molecule has 5 rings (SSSR count). The molecule has 1 amide bonds. The minimum atomic E-state index is -0.165. The molecule has 7 nitrogen and oxygen atoms in total. The molecule has 0 spiro atoms. The van der Waals surface area contributed by atoms with E-state index in [2.05, 4.69) is 22.9 Å². The van der Waals surface area contributed by atoms with E-state index < -0.39 is 0 Å². The standard InChI is InChI=1S/C32H33N3O4S/c1-5-37-25-12-10-24(11-13-25)35-31(36)30(33(4)32(35)40)20-23-21-34(29-9-7-6-8-28(23)29)18-19-38-26-14-16-27(17-15-26)39-22(2)3/h6-17,20-22H,5,18-19H2,1-4H3/b30-20-. The van der Waals surface area contributed by atoms with Crippen molar-refractivity contribution < 1.29 is 19.0 Å². The number of benzene rings is 3. The van der Waals surface area contributed by atoms with Gasteiger partial charge in [-0.05, 0) is 93.7 Å². The number of thiocarbonyl (C=S) groups is 1. The number of rotatable bonds is 10. The average molecular weight is 556 g/mol. The molecule has 8 heteroatoms. The molecule has 1 aliphatic rings. The Balaban J connectivity index is 1.35. The summed E-state index contributed by atoms with van der Waals surface area (Å²) >= 11 is 5.66. The van der Waals surface area contributed by atoms with Gasteiger partial charge in [-0.15, -0.1) is 0 Å². The highest BCUT2D eigenvalue weighted by molar-refractivity contribution is 7.80. The third kappa shape index (κ3) is 5.67. The summed E-state index contributed by atoms with van der Waals surface area (Å²) in [6.07, 6.45) is 4.10. The Kier molecular flexibility index (Phi) is 8.07. The fourth-order valence-corrected chi connectivity index (χ4v) is 5.00. The second-order valence-electron chi connectivity index (χ2n) is 9.72. The van der Waals surface area contributed by atoms with Crippen LogP contribution in [0.15, 0.2) is 84.7 Å². The fraction of sp³-hybridized carbons (Fsp3) is 0.250. The lowest BCUT2D eigenvalue weighted by Crippen LogP contribution is -2.31. The summed E-state index contributed by atoms with van der Waals surface area (Å²) in [4.78, 5) is 16.9. The quantitative estimate of drug-likeness (QED) is 0.164. The predicted octanol–water partition coefficient (Wildman–Crippen LogP) is 6.51. The molecular formula is C32H33N3O4S. The van der Waals surface area contributed by atoms with E-state index in [9.17, 15) is 4.79 Å². The molecule has 40 heavy (non-hydrogen) atoms.